The van der Waals surface area contributed by atoms with Crippen molar-refractivity contribution in [2.75, 3.05) is 37.7 Å². The van der Waals surface area contributed by atoms with Crippen LogP contribution in [0.5, 0.6) is 0 Å². The first-order chi connectivity index (χ1) is 15.1. The monoisotopic (exact) mass is 443 g/mol. The van der Waals surface area contributed by atoms with Crippen LogP contribution in [0.2, 0.25) is 5.02 Å². The van der Waals surface area contributed by atoms with E-state index in [0.717, 1.165) is 5.69 Å². The molecule has 11 heteroatoms. The molecule has 1 saturated heterocycles. The van der Waals surface area contributed by atoms with Crippen molar-refractivity contribution in [3.63, 3.8) is 0 Å². The Morgan fingerprint density at radius 1 is 1.06 bits per heavy atom. The molecule has 0 unspecified atom stereocenters. The minimum absolute atomic E-state index is 0.0470. The average molecular weight is 444 g/mol. The Morgan fingerprint density at radius 2 is 1.81 bits per heavy atom. The van der Waals surface area contributed by atoms with Gasteiger partial charge in [0.15, 0.2) is 17.0 Å². The van der Waals surface area contributed by atoms with Gasteiger partial charge in [-0.2, -0.15) is 4.68 Å². The number of anilines is 1. The van der Waals surface area contributed by atoms with Crippen molar-refractivity contribution in [2.24, 2.45) is 0 Å². The standard InChI is InChI=1S/C20H22ClN7O3/c1-2-31-17(30)8-7-16(29)26-9-11-27(12-10-26)19-18-20(23-13-22-19)28(25-24-18)15-5-3-14(21)4-6-15/h3-6,13H,2,7-12H2,1H3. The highest BCUT2D eigenvalue weighted by molar-refractivity contribution is 6.30. The Bertz CT molecular complexity index is 1080. The molecular formula is C20H22ClN7O3. The van der Waals surface area contributed by atoms with E-state index in [2.05, 4.69) is 25.2 Å². The van der Waals surface area contributed by atoms with Crippen LogP contribution in [0.3, 0.4) is 0 Å². The zero-order valence-electron chi connectivity index (χ0n) is 17.1. The fourth-order valence-electron chi connectivity index (χ4n) is 3.49. The zero-order chi connectivity index (χ0) is 21.8. The molecule has 0 spiro atoms. The summed E-state index contributed by atoms with van der Waals surface area (Å²) in [6.07, 6.45) is 1.75. The van der Waals surface area contributed by atoms with Crippen LogP contribution in [-0.4, -0.2) is 74.5 Å². The molecule has 162 valence electrons. The van der Waals surface area contributed by atoms with Crippen molar-refractivity contribution >= 4 is 40.5 Å². The number of ether oxygens (including phenoxy) is 1. The van der Waals surface area contributed by atoms with Gasteiger partial charge in [0.1, 0.15) is 6.33 Å². The molecule has 31 heavy (non-hydrogen) atoms. The molecule has 0 radical (unpaired) electrons. The molecule has 3 heterocycles. The Morgan fingerprint density at radius 3 is 2.52 bits per heavy atom. The number of nitrogens with zero attached hydrogens (tertiary/aromatic N) is 7. The molecule has 1 aliphatic rings. The van der Waals surface area contributed by atoms with Gasteiger partial charge < -0.3 is 14.5 Å². The van der Waals surface area contributed by atoms with Gasteiger partial charge in [0.2, 0.25) is 5.91 Å². The van der Waals surface area contributed by atoms with Crippen LogP contribution >= 0.6 is 11.6 Å². The maximum absolute atomic E-state index is 12.4. The van der Waals surface area contributed by atoms with Crippen LogP contribution in [0.15, 0.2) is 30.6 Å². The second-order valence-corrected chi connectivity index (χ2v) is 7.46. The topological polar surface area (TPSA) is 106 Å². The Labute approximate surface area is 183 Å². The van der Waals surface area contributed by atoms with Crippen LogP contribution in [0.1, 0.15) is 19.8 Å². The molecule has 1 aliphatic heterocycles. The number of piperazine rings is 1. The second kappa shape index (κ2) is 9.25. The molecule has 10 nitrogen and oxygen atoms in total. The van der Waals surface area contributed by atoms with Gasteiger partial charge in [-0.05, 0) is 31.2 Å². The summed E-state index contributed by atoms with van der Waals surface area (Å²) in [6, 6.07) is 7.26. The summed E-state index contributed by atoms with van der Waals surface area (Å²) < 4.78 is 6.53. The molecule has 0 saturated carbocycles. The number of hydrogen-bond donors (Lipinski definition) is 0. The van der Waals surface area contributed by atoms with Gasteiger partial charge in [-0.3, -0.25) is 9.59 Å². The molecule has 4 rings (SSSR count). The lowest BCUT2D eigenvalue weighted by atomic mass is 10.2. The largest absolute Gasteiger partial charge is 0.466 e. The maximum atomic E-state index is 12.4. The van der Waals surface area contributed by atoms with Crippen molar-refractivity contribution in [3.8, 4) is 5.69 Å². The van der Waals surface area contributed by atoms with Crippen molar-refractivity contribution in [2.45, 2.75) is 19.8 Å². The van der Waals surface area contributed by atoms with E-state index < -0.39 is 0 Å². The first kappa shape index (κ1) is 21.0. The molecule has 1 aromatic carbocycles. The third-order valence-electron chi connectivity index (χ3n) is 5.07. The van der Waals surface area contributed by atoms with Gasteiger partial charge in [0.05, 0.1) is 18.7 Å². The highest BCUT2D eigenvalue weighted by Crippen LogP contribution is 2.24. The van der Waals surface area contributed by atoms with Gasteiger partial charge in [0.25, 0.3) is 0 Å². The number of esters is 1. The van der Waals surface area contributed by atoms with Gasteiger partial charge >= 0.3 is 5.97 Å². The van der Waals surface area contributed by atoms with Crippen LogP contribution in [0, 0.1) is 0 Å². The highest BCUT2D eigenvalue weighted by Gasteiger charge is 2.25. The number of rotatable bonds is 6. The van der Waals surface area contributed by atoms with Gasteiger partial charge in [-0.1, -0.05) is 16.8 Å². The van der Waals surface area contributed by atoms with Gasteiger partial charge in [0, 0.05) is 37.6 Å². The van der Waals surface area contributed by atoms with Crippen molar-refractivity contribution in [3.05, 3.63) is 35.6 Å². The Kier molecular flexibility index (Phi) is 6.26. The van der Waals surface area contributed by atoms with E-state index in [-0.39, 0.29) is 24.7 Å². The van der Waals surface area contributed by atoms with Crippen LogP contribution in [0.4, 0.5) is 5.82 Å². The normalized spacial score (nSPS) is 14.1. The van der Waals surface area contributed by atoms with Crippen LogP contribution < -0.4 is 4.90 Å². The van der Waals surface area contributed by atoms with Crippen molar-refractivity contribution < 1.29 is 14.3 Å². The first-order valence-electron chi connectivity index (χ1n) is 10.1. The molecule has 1 amide bonds. The summed E-state index contributed by atoms with van der Waals surface area (Å²) >= 11 is 5.97. The van der Waals surface area contributed by atoms with E-state index in [9.17, 15) is 9.59 Å². The summed E-state index contributed by atoms with van der Waals surface area (Å²) in [5.74, 6) is 0.291. The third-order valence-corrected chi connectivity index (χ3v) is 5.32. The summed E-state index contributed by atoms with van der Waals surface area (Å²) in [5, 5.41) is 9.17. The molecule has 2 aromatic heterocycles. The number of amides is 1. The van der Waals surface area contributed by atoms with E-state index in [0.29, 0.717) is 54.8 Å². The second-order valence-electron chi connectivity index (χ2n) is 7.02. The van der Waals surface area contributed by atoms with E-state index >= 15 is 0 Å². The number of carbonyl (C=O) groups is 2. The van der Waals surface area contributed by atoms with E-state index in [1.165, 1.54) is 6.33 Å². The molecular weight excluding hydrogens is 422 g/mol. The smallest absolute Gasteiger partial charge is 0.306 e. The molecule has 0 aliphatic carbocycles. The predicted molar refractivity (Wildman–Crippen MR) is 114 cm³/mol. The molecule has 0 atom stereocenters. The molecule has 3 aromatic rings. The summed E-state index contributed by atoms with van der Waals surface area (Å²) in [7, 11) is 0. The zero-order valence-corrected chi connectivity index (χ0v) is 17.8. The van der Waals surface area contributed by atoms with Gasteiger partial charge in [-0.15, -0.1) is 5.10 Å². The number of hydrogen-bond acceptors (Lipinski definition) is 8. The number of halogens is 1. The van der Waals surface area contributed by atoms with Crippen molar-refractivity contribution in [1.29, 1.82) is 0 Å². The molecule has 0 N–H and O–H groups in total. The first-order valence-corrected chi connectivity index (χ1v) is 10.5. The maximum Gasteiger partial charge on any atom is 0.306 e. The van der Waals surface area contributed by atoms with Gasteiger partial charge in [-0.25, -0.2) is 9.97 Å². The summed E-state index contributed by atoms with van der Waals surface area (Å²) in [4.78, 5) is 36.5. The third kappa shape index (κ3) is 4.58. The minimum Gasteiger partial charge on any atom is -0.466 e. The van der Waals surface area contributed by atoms with E-state index in [4.69, 9.17) is 16.3 Å². The van der Waals surface area contributed by atoms with E-state index in [1.807, 2.05) is 12.1 Å². The highest BCUT2D eigenvalue weighted by atomic mass is 35.5. The molecule has 0 bridgehead atoms. The molecule has 1 fully saturated rings. The Balaban J connectivity index is 1.44. The number of aromatic nitrogens is 5. The lowest BCUT2D eigenvalue weighted by Gasteiger charge is -2.35. The SMILES string of the molecule is CCOC(=O)CCC(=O)N1CCN(c2ncnc3c2nnn3-c2ccc(Cl)cc2)CC1. The van der Waals surface area contributed by atoms with E-state index in [1.54, 1.807) is 28.6 Å². The number of fused-ring (bicyclic) bond motifs is 1. The minimum atomic E-state index is -0.346. The van der Waals surface area contributed by atoms with Crippen LogP contribution in [-0.2, 0) is 14.3 Å². The Hall–Kier alpha value is -3.27. The number of benzene rings is 1. The quantitative estimate of drug-likeness (QED) is 0.531. The summed E-state index contributed by atoms with van der Waals surface area (Å²) in [6.45, 7) is 4.35. The number of carbonyl (C=O) groups excluding carboxylic acids is 2. The average Bonchev–Trinajstić information content (AvgIpc) is 3.23. The van der Waals surface area contributed by atoms with Crippen molar-refractivity contribution in [1.82, 2.24) is 29.9 Å². The fourth-order valence-corrected chi connectivity index (χ4v) is 3.62. The fraction of sp³-hybridized carbons (Fsp3) is 0.400. The van der Waals surface area contributed by atoms with Crippen LogP contribution in [0.25, 0.3) is 16.9 Å². The summed E-state index contributed by atoms with van der Waals surface area (Å²) in [5.41, 5.74) is 1.99. The predicted octanol–water partition coefficient (Wildman–Crippen LogP) is 1.86. The lowest BCUT2D eigenvalue weighted by Crippen LogP contribution is -2.49. The lowest BCUT2D eigenvalue weighted by molar-refractivity contribution is -0.145.